The highest BCUT2D eigenvalue weighted by Crippen LogP contribution is 2.27. The van der Waals surface area contributed by atoms with Crippen LogP contribution in [-0.4, -0.2) is 17.5 Å². The maximum atomic E-state index is 12.0. The maximum absolute atomic E-state index is 12.0. The van der Waals surface area contributed by atoms with Crippen molar-refractivity contribution in [2.45, 2.75) is 19.8 Å². The number of nitrogens with one attached hydrogen (secondary N) is 1. The van der Waals surface area contributed by atoms with Gasteiger partial charge in [0, 0.05) is 0 Å². The van der Waals surface area contributed by atoms with Gasteiger partial charge in [-0.05, 0) is 36.2 Å². The number of rotatable bonds is 6. The van der Waals surface area contributed by atoms with E-state index in [0.29, 0.717) is 15.9 Å². The molecule has 24 heavy (non-hydrogen) atoms. The summed E-state index contributed by atoms with van der Waals surface area (Å²) in [7, 11) is 0. The first-order valence-corrected chi connectivity index (χ1v) is 8.92. The minimum absolute atomic E-state index is 0.128. The van der Waals surface area contributed by atoms with Crippen LogP contribution in [0.25, 0.3) is 10.2 Å². The van der Waals surface area contributed by atoms with Crippen LogP contribution in [0.5, 0.6) is 5.75 Å². The molecule has 124 valence electrons. The molecule has 1 N–H and O–H groups in total. The molecule has 0 aliphatic rings. The lowest BCUT2D eigenvalue weighted by Gasteiger charge is -2.07. The smallest absolute Gasteiger partial charge is 0.229 e. The van der Waals surface area contributed by atoms with Gasteiger partial charge in [0.25, 0.3) is 0 Å². The summed E-state index contributed by atoms with van der Waals surface area (Å²) in [5.74, 6) is 0.455. The van der Waals surface area contributed by atoms with Crippen molar-refractivity contribution in [2.24, 2.45) is 0 Å². The molecule has 0 atom stereocenters. The normalized spacial score (nSPS) is 10.8. The van der Waals surface area contributed by atoms with Crippen molar-refractivity contribution in [3.8, 4) is 5.75 Å². The Balaban J connectivity index is 1.56. The van der Waals surface area contributed by atoms with Crippen molar-refractivity contribution < 1.29 is 9.53 Å². The molecule has 3 aromatic rings. The lowest BCUT2D eigenvalue weighted by atomic mass is 10.2. The van der Waals surface area contributed by atoms with E-state index in [-0.39, 0.29) is 18.9 Å². The van der Waals surface area contributed by atoms with Gasteiger partial charge in [0.15, 0.2) is 5.13 Å². The highest BCUT2D eigenvalue weighted by atomic mass is 35.5. The summed E-state index contributed by atoms with van der Waals surface area (Å²) in [5.41, 5.74) is 2.16. The van der Waals surface area contributed by atoms with Crippen molar-refractivity contribution in [3.63, 3.8) is 0 Å². The summed E-state index contributed by atoms with van der Waals surface area (Å²) in [5, 5.41) is 3.98. The summed E-state index contributed by atoms with van der Waals surface area (Å²) in [6.07, 6.45) is 1.22. The number of anilines is 1. The van der Waals surface area contributed by atoms with Crippen molar-refractivity contribution in [2.75, 3.05) is 11.9 Å². The van der Waals surface area contributed by atoms with Crippen molar-refractivity contribution in [1.82, 2.24) is 4.98 Å². The Morgan fingerprint density at radius 2 is 2.12 bits per heavy atom. The molecular weight excluding hydrogens is 344 g/mol. The number of halogens is 1. The lowest BCUT2D eigenvalue weighted by molar-refractivity contribution is -0.116. The molecule has 0 saturated heterocycles. The standard InChI is InChI=1S/C18H17ClN2O2S/c1-2-12-7-8-14-16(11-12)24-18(20-14)21-17(22)9-10-23-15-6-4-3-5-13(15)19/h3-8,11H,2,9-10H2,1H3,(H,20,21,22). The second-order valence-corrected chi connectivity index (χ2v) is 6.69. The number of nitrogens with zero attached hydrogens (tertiary/aromatic N) is 1. The van der Waals surface area contributed by atoms with E-state index in [1.54, 1.807) is 12.1 Å². The Kier molecular flexibility index (Phi) is 5.33. The van der Waals surface area contributed by atoms with Crippen molar-refractivity contribution in [1.29, 1.82) is 0 Å². The highest BCUT2D eigenvalue weighted by molar-refractivity contribution is 7.22. The molecule has 3 rings (SSSR count). The van der Waals surface area contributed by atoms with Crippen LogP contribution in [0.3, 0.4) is 0 Å². The Bertz CT molecular complexity index is 863. The Morgan fingerprint density at radius 3 is 2.92 bits per heavy atom. The van der Waals surface area contributed by atoms with Gasteiger partial charge in [-0.15, -0.1) is 0 Å². The fraction of sp³-hybridized carbons (Fsp3) is 0.222. The second kappa shape index (κ2) is 7.64. The quantitative estimate of drug-likeness (QED) is 0.678. The molecule has 0 unspecified atom stereocenters. The topological polar surface area (TPSA) is 51.2 Å². The van der Waals surface area contributed by atoms with E-state index in [2.05, 4.69) is 29.4 Å². The van der Waals surface area contributed by atoms with E-state index >= 15 is 0 Å². The first kappa shape index (κ1) is 16.7. The summed E-state index contributed by atoms with van der Waals surface area (Å²) >= 11 is 7.49. The number of fused-ring (bicyclic) bond motifs is 1. The number of hydrogen-bond acceptors (Lipinski definition) is 4. The van der Waals surface area contributed by atoms with Crippen LogP contribution in [-0.2, 0) is 11.2 Å². The zero-order chi connectivity index (χ0) is 16.9. The second-order valence-electron chi connectivity index (χ2n) is 5.25. The number of ether oxygens (including phenoxy) is 1. The van der Waals surface area contributed by atoms with Gasteiger partial charge in [-0.2, -0.15) is 0 Å². The van der Waals surface area contributed by atoms with Crippen LogP contribution >= 0.6 is 22.9 Å². The zero-order valence-corrected chi connectivity index (χ0v) is 14.8. The van der Waals surface area contributed by atoms with Crippen molar-refractivity contribution in [3.05, 3.63) is 53.1 Å². The minimum atomic E-state index is -0.128. The molecule has 0 spiro atoms. The molecule has 0 fully saturated rings. The first-order valence-electron chi connectivity index (χ1n) is 7.72. The summed E-state index contributed by atoms with van der Waals surface area (Å²) in [4.78, 5) is 16.5. The van der Waals surface area contributed by atoms with Crippen LogP contribution in [0.1, 0.15) is 18.9 Å². The molecule has 1 amide bonds. The number of hydrogen-bond donors (Lipinski definition) is 1. The van der Waals surface area contributed by atoms with E-state index in [1.807, 2.05) is 18.2 Å². The third-order valence-electron chi connectivity index (χ3n) is 3.53. The molecule has 0 aliphatic carbocycles. The number of para-hydroxylation sites is 1. The minimum Gasteiger partial charge on any atom is -0.491 e. The predicted octanol–water partition coefficient (Wildman–Crippen LogP) is 4.92. The van der Waals surface area contributed by atoms with Gasteiger partial charge < -0.3 is 10.1 Å². The van der Waals surface area contributed by atoms with Gasteiger partial charge in [-0.3, -0.25) is 4.79 Å². The van der Waals surface area contributed by atoms with E-state index in [9.17, 15) is 4.79 Å². The third-order valence-corrected chi connectivity index (χ3v) is 4.78. The van der Waals surface area contributed by atoms with Gasteiger partial charge >= 0.3 is 0 Å². The fourth-order valence-electron chi connectivity index (χ4n) is 2.24. The van der Waals surface area contributed by atoms with E-state index in [0.717, 1.165) is 16.6 Å². The number of benzene rings is 2. The number of amides is 1. The largest absolute Gasteiger partial charge is 0.491 e. The number of thiazole rings is 1. The SMILES string of the molecule is CCc1ccc2nc(NC(=O)CCOc3ccccc3Cl)sc2c1. The van der Waals surface area contributed by atoms with E-state index in [1.165, 1.54) is 16.9 Å². The highest BCUT2D eigenvalue weighted by Gasteiger charge is 2.09. The predicted molar refractivity (Wildman–Crippen MR) is 99.2 cm³/mol. The maximum Gasteiger partial charge on any atom is 0.229 e. The van der Waals surface area contributed by atoms with Gasteiger partial charge in [0.2, 0.25) is 5.91 Å². The molecule has 0 radical (unpaired) electrons. The monoisotopic (exact) mass is 360 g/mol. The third kappa shape index (κ3) is 4.04. The molecule has 1 heterocycles. The average molecular weight is 361 g/mol. The molecule has 2 aromatic carbocycles. The van der Waals surface area contributed by atoms with Gasteiger partial charge in [0.05, 0.1) is 28.3 Å². The Hall–Kier alpha value is -2.11. The number of aromatic nitrogens is 1. The molecule has 4 nitrogen and oxygen atoms in total. The van der Waals surface area contributed by atoms with Crippen LogP contribution in [0, 0.1) is 0 Å². The van der Waals surface area contributed by atoms with E-state index in [4.69, 9.17) is 16.3 Å². The van der Waals surface area contributed by atoms with Gasteiger partial charge in [0.1, 0.15) is 5.75 Å². The molecular formula is C18H17ClN2O2S. The van der Waals surface area contributed by atoms with Crippen LogP contribution in [0.4, 0.5) is 5.13 Å². The Labute approximate surface area is 149 Å². The summed E-state index contributed by atoms with van der Waals surface area (Å²) < 4.78 is 6.61. The number of aryl methyl sites for hydroxylation is 1. The van der Waals surface area contributed by atoms with Crippen LogP contribution in [0.15, 0.2) is 42.5 Å². The first-order chi connectivity index (χ1) is 11.7. The fourth-order valence-corrected chi connectivity index (χ4v) is 3.38. The molecule has 1 aromatic heterocycles. The van der Waals surface area contributed by atoms with Gasteiger partial charge in [-0.1, -0.05) is 48.1 Å². The molecule has 0 bridgehead atoms. The van der Waals surface area contributed by atoms with Crippen LogP contribution in [0.2, 0.25) is 5.02 Å². The van der Waals surface area contributed by atoms with Crippen molar-refractivity contribution >= 4 is 44.2 Å². The average Bonchev–Trinajstić information content (AvgIpc) is 2.97. The molecule has 0 aliphatic heterocycles. The Morgan fingerprint density at radius 1 is 1.29 bits per heavy atom. The van der Waals surface area contributed by atoms with Crippen LogP contribution < -0.4 is 10.1 Å². The zero-order valence-electron chi connectivity index (χ0n) is 13.2. The number of carbonyl (C=O) groups is 1. The van der Waals surface area contributed by atoms with E-state index < -0.39 is 0 Å². The lowest BCUT2D eigenvalue weighted by Crippen LogP contribution is -2.15. The number of carbonyl (C=O) groups excluding carboxylic acids is 1. The summed E-state index contributed by atoms with van der Waals surface area (Å²) in [6.45, 7) is 2.38. The molecule has 0 saturated carbocycles. The van der Waals surface area contributed by atoms with Gasteiger partial charge in [-0.25, -0.2) is 4.98 Å². The molecule has 6 heteroatoms. The summed E-state index contributed by atoms with van der Waals surface area (Å²) in [6, 6.07) is 13.4.